The second-order valence-corrected chi connectivity index (χ2v) is 7.61. The van der Waals surface area contributed by atoms with E-state index in [1.165, 1.54) is 11.0 Å². The number of nitrogens with one attached hydrogen (secondary N) is 1. The van der Waals surface area contributed by atoms with Gasteiger partial charge in [0.25, 0.3) is 0 Å². The van der Waals surface area contributed by atoms with Crippen LogP contribution in [0.15, 0.2) is 54.9 Å². The van der Waals surface area contributed by atoms with Crippen molar-refractivity contribution in [2.24, 2.45) is 0 Å². The number of hydrogen-bond acceptors (Lipinski definition) is 4. The number of amides is 1. The minimum atomic E-state index is -0.530. The molecule has 0 fully saturated rings. The topological polar surface area (TPSA) is 72.7 Å². The van der Waals surface area contributed by atoms with Gasteiger partial charge in [0.2, 0.25) is 5.91 Å². The van der Waals surface area contributed by atoms with E-state index < -0.39 is 6.04 Å². The van der Waals surface area contributed by atoms with Gasteiger partial charge in [0.15, 0.2) is 0 Å². The summed E-state index contributed by atoms with van der Waals surface area (Å²) in [6, 6.07) is 15.6. The molecule has 3 rings (SSSR count). The van der Waals surface area contributed by atoms with Gasteiger partial charge in [-0.1, -0.05) is 76.2 Å². The van der Waals surface area contributed by atoms with Gasteiger partial charge in [-0.25, -0.2) is 4.68 Å². The van der Waals surface area contributed by atoms with Gasteiger partial charge in [0, 0.05) is 12.1 Å². The molecule has 1 heterocycles. The van der Waals surface area contributed by atoms with Crippen molar-refractivity contribution in [1.82, 2.24) is 20.2 Å². The number of para-hydroxylation sites is 1. The molecule has 28 heavy (non-hydrogen) atoms. The minimum absolute atomic E-state index is 0.119. The van der Waals surface area contributed by atoms with E-state index in [1.807, 2.05) is 30.3 Å². The molecule has 0 aliphatic heterocycles. The van der Waals surface area contributed by atoms with Crippen molar-refractivity contribution in [3.05, 3.63) is 71.5 Å². The predicted molar refractivity (Wildman–Crippen MR) is 110 cm³/mol. The van der Waals surface area contributed by atoms with Crippen molar-refractivity contribution in [3.8, 4) is 0 Å². The molecular formula is C22H27N5O. The maximum absolute atomic E-state index is 13.3. The lowest BCUT2D eigenvalue weighted by atomic mass is 9.92. The Bertz CT molecular complexity index is 878. The van der Waals surface area contributed by atoms with Crippen LogP contribution in [0.1, 0.15) is 62.3 Å². The third-order valence-corrected chi connectivity index (χ3v) is 4.88. The molecule has 0 radical (unpaired) electrons. The third kappa shape index (κ3) is 4.44. The van der Waals surface area contributed by atoms with Crippen molar-refractivity contribution >= 4 is 11.6 Å². The lowest BCUT2D eigenvalue weighted by molar-refractivity contribution is -0.119. The number of aromatic nitrogens is 4. The Morgan fingerprint density at radius 1 is 0.964 bits per heavy atom. The second-order valence-electron chi connectivity index (χ2n) is 7.61. The summed E-state index contributed by atoms with van der Waals surface area (Å²) in [5.74, 6) is 0.482. The highest BCUT2D eigenvalue weighted by atomic mass is 16.2. The van der Waals surface area contributed by atoms with Crippen LogP contribution in [0.2, 0.25) is 0 Å². The SMILES string of the molecule is CC(C)c1cccc(C(C)C)c1NC(=O)[C@H](Cc1ccccc1)n1cnnn1. The van der Waals surface area contributed by atoms with E-state index in [-0.39, 0.29) is 5.91 Å². The van der Waals surface area contributed by atoms with E-state index in [9.17, 15) is 4.79 Å². The molecule has 6 heteroatoms. The molecule has 2 aromatic carbocycles. The van der Waals surface area contributed by atoms with Crippen LogP contribution in [0.3, 0.4) is 0 Å². The molecule has 0 saturated heterocycles. The summed E-state index contributed by atoms with van der Waals surface area (Å²) in [6.45, 7) is 8.55. The fraction of sp³-hybridized carbons (Fsp3) is 0.364. The van der Waals surface area contributed by atoms with Gasteiger partial charge in [0.1, 0.15) is 12.4 Å². The summed E-state index contributed by atoms with van der Waals surface area (Å²) < 4.78 is 1.52. The average molecular weight is 377 g/mol. The Hall–Kier alpha value is -3.02. The molecule has 0 aliphatic rings. The van der Waals surface area contributed by atoms with Gasteiger partial charge in [-0.05, 0) is 39.0 Å². The lowest BCUT2D eigenvalue weighted by Gasteiger charge is -2.23. The summed E-state index contributed by atoms with van der Waals surface area (Å²) in [7, 11) is 0. The zero-order chi connectivity index (χ0) is 20.1. The Kier molecular flexibility index (Phi) is 6.19. The van der Waals surface area contributed by atoms with Gasteiger partial charge in [0.05, 0.1) is 0 Å². The first kappa shape index (κ1) is 19.7. The number of anilines is 1. The van der Waals surface area contributed by atoms with Crippen molar-refractivity contribution < 1.29 is 4.79 Å². The quantitative estimate of drug-likeness (QED) is 0.665. The first-order chi connectivity index (χ1) is 13.5. The van der Waals surface area contributed by atoms with E-state index in [1.54, 1.807) is 0 Å². The number of tetrazole rings is 1. The molecule has 6 nitrogen and oxygen atoms in total. The van der Waals surface area contributed by atoms with Crippen molar-refractivity contribution in [3.63, 3.8) is 0 Å². The molecular weight excluding hydrogens is 350 g/mol. The van der Waals surface area contributed by atoms with Crippen LogP contribution in [0, 0.1) is 0 Å². The standard InChI is InChI=1S/C22H27N5O/c1-15(2)18-11-8-12-19(16(3)4)21(18)24-22(28)20(27-14-23-25-26-27)13-17-9-6-5-7-10-17/h5-12,14-16,20H,13H2,1-4H3,(H,24,28)/t20-/m0/s1. The van der Waals surface area contributed by atoms with Crippen molar-refractivity contribution in [2.75, 3.05) is 5.32 Å². The van der Waals surface area contributed by atoms with Crippen molar-refractivity contribution in [2.45, 2.75) is 52.0 Å². The van der Waals surface area contributed by atoms with Crippen LogP contribution < -0.4 is 5.32 Å². The molecule has 1 aromatic heterocycles. The van der Waals surface area contributed by atoms with Gasteiger partial charge in [-0.3, -0.25) is 4.79 Å². The maximum atomic E-state index is 13.3. The first-order valence-corrected chi connectivity index (χ1v) is 9.67. The number of carbonyl (C=O) groups is 1. The van der Waals surface area contributed by atoms with Gasteiger partial charge < -0.3 is 5.32 Å². The lowest BCUT2D eigenvalue weighted by Crippen LogP contribution is -2.29. The highest BCUT2D eigenvalue weighted by Crippen LogP contribution is 2.33. The Balaban J connectivity index is 1.95. The first-order valence-electron chi connectivity index (χ1n) is 9.67. The largest absolute Gasteiger partial charge is 0.324 e. The third-order valence-electron chi connectivity index (χ3n) is 4.88. The van der Waals surface area contributed by atoms with Crippen LogP contribution in [-0.4, -0.2) is 26.1 Å². The number of nitrogens with zero attached hydrogens (tertiary/aromatic N) is 4. The van der Waals surface area contributed by atoms with E-state index in [4.69, 9.17) is 0 Å². The summed E-state index contributed by atoms with van der Waals surface area (Å²) in [4.78, 5) is 13.3. The molecule has 1 atom stereocenters. The molecule has 3 aromatic rings. The molecule has 0 saturated carbocycles. The number of carbonyl (C=O) groups excluding carboxylic acids is 1. The molecule has 0 bridgehead atoms. The van der Waals surface area contributed by atoms with E-state index >= 15 is 0 Å². The molecule has 0 spiro atoms. The maximum Gasteiger partial charge on any atom is 0.249 e. The second kappa shape index (κ2) is 8.78. The summed E-state index contributed by atoms with van der Waals surface area (Å²) in [6.07, 6.45) is 2.00. The fourth-order valence-corrected chi connectivity index (χ4v) is 3.36. The summed E-state index contributed by atoms with van der Waals surface area (Å²) in [5.41, 5.74) is 4.23. The fourth-order valence-electron chi connectivity index (χ4n) is 3.36. The summed E-state index contributed by atoms with van der Waals surface area (Å²) >= 11 is 0. The smallest absolute Gasteiger partial charge is 0.249 e. The predicted octanol–water partition coefficient (Wildman–Crippen LogP) is 4.34. The number of hydrogen-bond donors (Lipinski definition) is 1. The van der Waals surface area contributed by atoms with Gasteiger partial charge in [-0.2, -0.15) is 0 Å². The van der Waals surface area contributed by atoms with E-state index in [0.717, 1.165) is 22.4 Å². The molecule has 0 unspecified atom stereocenters. The molecule has 1 N–H and O–H groups in total. The normalized spacial score (nSPS) is 12.4. The van der Waals surface area contributed by atoms with Crippen LogP contribution >= 0.6 is 0 Å². The highest BCUT2D eigenvalue weighted by molar-refractivity contribution is 5.95. The number of rotatable bonds is 7. The Morgan fingerprint density at radius 2 is 1.61 bits per heavy atom. The zero-order valence-corrected chi connectivity index (χ0v) is 16.8. The van der Waals surface area contributed by atoms with Crippen LogP contribution in [-0.2, 0) is 11.2 Å². The van der Waals surface area contributed by atoms with Gasteiger partial charge in [-0.15, -0.1) is 5.10 Å². The highest BCUT2D eigenvalue weighted by Gasteiger charge is 2.25. The van der Waals surface area contributed by atoms with Gasteiger partial charge >= 0.3 is 0 Å². The average Bonchev–Trinajstić information content (AvgIpc) is 3.21. The molecule has 0 aliphatic carbocycles. The van der Waals surface area contributed by atoms with Crippen LogP contribution in [0.25, 0.3) is 0 Å². The zero-order valence-electron chi connectivity index (χ0n) is 16.8. The van der Waals surface area contributed by atoms with Crippen LogP contribution in [0.4, 0.5) is 5.69 Å². The van der Waals surface area contributed by atoms with E-state index in [2.05, 4.69) is 66.7 Å². The minimum Gasteiger partial charge on any atom is -0.324 e. The Morgan fingerprint density at radius 3 is 2.14 bits per heavy atom. The Labute approximate surface area is 166 Å². The molecule has 146 valence electrons. The monoisotopic (exact) mass is 377 g/mol. The van der Waals surface area contributed by atoms with Crippen LogP contribution in [0.5, 0.6) is 0 Å². The summed E-state index contributed by atoms with van der Waals surface area (Å²) in [5, 5.41) is 14.6. The molecule has 1 amide bonds. The van der Waals surface area contributed by atoms with E-state index in [0.29, 0.717) is 18.3 Å². The number of benzene rings is 2. The van der Waals surface area contributed by atoms with Crippen molar-refractivity contribution in [1.29, 1.82) is 0 Å².